The Morgan fingerprint density at radius 2 is 1.84 bits per heavy atom. The Kier molecular flexibility index (Phi) is 6.28. The number of carbonyl (C=O) groups is 2. The minimum Gasteiger partial charge on any atom is -0.376 e. The summed E-state index contributed by atoms with van der Waals surface area (Å²) in [5.74, 6) is -0.191. The molecule has 1 saturated carbocycles. The number of amides is 3. The van der Waals surface area contributed by atoms with Gasteiger partial charge in [0.1, 0.15) is 0 Å². The van der Waals surface area contributed by atoms with E-state index in [2.05, 4.69) is 16.0 Å². The van der Waals surface area contributed by atoms with Gasteiger partial charge in [-0.25, -0.2) is 4.79 Å². The minimum atomic E-state index is -0.244. The zero-order valence-corrected chi connectivity index (χ0v) is 14.6. The molecule has 3 N–H and O–H groups in total. The topological polar surface area (TPSA) is 79.5 Å². The van der Waals surface area contributed by atoms with Gasteiger partial charge in [-0.15, -0.1) is 0 Å². The third kappa shape index (κ3) is 5.19. The van der Waals surface area contributed by atoms with Gasteiger partial charge in [0.2, 0.25) is 0 Å². The van der Waals surface area contributed by atoms with Crippen molar-refractivity contribution in [1.29, 1.82) is 0 Å². The molecule has 2 fully saturated rings. The summed E-state index contributed by atoms with van der Waals surface area (Å²) in [5, 5.41) is 8.73. The Balaban J connectivity index is 1.55. The number of nitrogens with one attached hydrogen (secondary N) is 3. The molecule has 1 saturated heterocycles. The van der Waals surface area contributed by atoms with Gasteiger partial charge in [-0.1, -0.05) is 31.4 Å². The molecule has 2 aliphatic rings. The minimum absolute atomic E-state index is 0.0960. The Bertz CT molecular complexity index is 593. The molecule has 1 heterocycles. The van der Waals surface area contributed by atoms with Gasteiger partial charge in [-0.3, -0.25) is 4.79 Å². The van der Waals surface area contributed by atoms with E-state index in [0.717, 1.165) is 45.1 Å². The highest BCUT2D eigenvalue weighted by molar-refractivity contribution is 6.03. The smallest absolute Gasteiger partial charge is 0.319 e. The maximum atomic E-state index is 12.5. The van der Waals surface area contributed by atoms with Crippen molar-refractivity contribution in [3.8, 4) is 0 Å². The molecule has 3 rings (SSSR count). The van der Waals surface area contributed by atoms with Gasteiger partial charge < -0.3 is 20.7 Å². The van der Waals surface area contributed by atoms with Gasteiger partial charge in [0, 0.05) is 19.2 Å². The predicted molar refractivity (Wildman–Crippen MR) is 96.8 cm³/mol. The zero-order valence-electron chi connectivity index (χ0n) is 14.6. The number of benzene rings is 1. The monoisotopic (exact) mass is 345 g/mol. The SMILES string of the molecule is O=C(Nc1ccccc1C(=O)NCC1CCCO1)NC1CCCCC1. The number of rotatable bonds is 5. The Labute approximate surface area is 148 Å². The fraction of sp³-hybridized carbons (Fsp3) is 0.579. The molecule has 136 valence electrons. The van der Waals surface area contributed by atoms with Crippen LogP contribution >= 0.6 is 0 Å². The lowest BCUT2D eigenvalue weighted by Gasteiger charge is -2.23. The zero-order chi connectivity index (χ0) is 17.5. The molecule has 0 radical (unpaired) electrons. The molecule has 0 bridgehead atoms. The number of carbonyl (C=O) groups excluding carboxylic acids is 2. The van der Waals surface area contributed by atoms with Gasteiger partial charge in [0.25, 0.3) is 5.91 Å². The number of urea groups is 1. The first-order chi connectivity index (χ1) is 12.2. The second kappa shape index (κ2) is 8.85. The van der Waals surface area contributed by atoms with Crippen molar-refractivity contribution < 1.29 is 14.3 Å². The van der Waals surface area contributed by atoms with Gasteiger partial charge in [0.15, 0.2) is 0 Å². The van der Waals surface area contributed by atoms with Crippen molar-refractivity contribution in [3.63, 3.8) is 0 Å². The fourth-order valence-electron chi connectivity index (χ4n) is 3.49. The van der Waals surface area contributed by atoms with Crippen LogP contribution in [0, 0.1) is 0 Å². The van der Waals surface area contributed by atoms with E-state index in [1.807, 2.05) is 6.07 Å². The molecule has 1 aliphatic heterocycles. The maximum absolute atomic E-state index is 12.5. The molecule has 1 atom stereocenters. The van der Waals surface area contributed by atoms with Crippen LogP contribution in [0.1, 0.15) is 55.3 Å². The van der Waals surface area contributed by atoms with Crippen molar-refractivity contribution in [3.05, 3.63) is 29.8 Å². The molecule has 3 amide bonds. The summed E-state index contributed by atoms with van der Waals surface area (Å²) in [6, 6.07) is 7.07. The molecule has 1 aromatic carbocycles. The lowest BCUT2D eigenvalue weighted by molar-refractivity contribution is 0.0858. The quantitative estimate of drug-likeness (QED) is 0.767. The number of anilines is 1. The standard InChI is InChI=1S/C19H27N3O3/c23-18(20-13-15-9-6-12-25-15)16-10-4-5-11-17(16)22-19(24)21-14-7-2-1-3-8-14/h4-5,10-11,14-15H,1-3,6-9,12-13H2,(H,20,23)(H2,21,22,24). The van der Waals surface area contributed by atoms with E-state index in [1.54, 1.807) is 18.2 Å². The molecule has 0 spiro atoms. The molecular formula is C19H27N3O3. The van der Waals surface area contributed by atoms with E-state index >= 15 is 0 Å². The van der Waals surface area contributed by atoms with Crippen LogP contribution in [0.2, 0.25) is 0 Å². The molecule has 0 aromatic heterocycles. The Morgan fingerprint density at radius 3 is 2.60 bits per heavy atom. The van der Waals surface area contributed by atoms with E-state index in [0.29, 0.717) is 17.8 Å². The molecule has 1 aliphatic carbocycles. The molecule has 25 heavy (non-hydrogen) atoms. The molecule has 1 aromatic rings. The molecule has 6 nitrogen and oxygen atoms in total. The molecule has 1 unspecified atom stereocenters. The number of ether oxygens (including phenoxy) is 1. The Hall–Kier alpha value is -2.08. The second-order valence-corrected chi connectivity index (χ2v) is 6.82. The van der Waals surface area contributed by atoms with Crippen LogP contribution in [0.3, 0.4) is 0 Å². The largest absolute Gasteiger partial charge is 0.376 e. The van der Waals surface area contributed by atoms with Crippen molar-refractivity contribution in [1.82, 2.24) is 10.6 Å². The summed E-state index contributed by atoms with van der Waals surface area (Å²) in [6.45, 7) is 1.27. The van der Waals surface area contributed by atoms with Crippen molar-refractivity contribution in [2.24, 2.45) is 0 Å². The van der Waals surface area contributed by atoms with Crippen LogP contribution in [0.25, 0.3) is 0 Å². The second-order valence-electron chi connectivity index (χ2n) is 6.82. The fourth-order valence-corrected chi connectivity index (χ4v) is 3.49. The van der Waals surface area contributed by atoms with Crippen molar-refractivity contribution in [2.75, 3.05) is 18.5 Å². The summed E-state index contributed by atoms with van der Waals surface area (Å²) in [5.41, 5.74) is 1.000. The van der Waals surface area contributed by atoms with E-state index < -0.39 is 0 Å². The predicted octanol–water partition coefficient (Wildman–Crippen LogP) is 3.05. The first kappa shape index (κ1) is 17.7. The van der Waals surface area contributed by atoms with Crippen molar-refractivity contribution in [2.45, 2.75) is 57.1 Å². The van der Waals surface area contributed by atoms with E-state index in [9.17, 15) is 9.59 Å². The van der Waals surface area contributed by atoms with E-state index in [-0.39, 0.29) is 24.1 Å². The van der Waals surface area contributed by atoms with Gasteiger partial charge in [-0.2, -0.15) is 0 Å². The van der Waals surface area contributed by atoms with E-state index in [1.165, 1.54) is 6.42 Å². The summed E-state index contributed by atoms with van der Waals surface area (Å²) in [7, 11) is 0. The van der Waals surface area contributed by atoms with Gasteiger partial charge in [0.05, 0.1) is 17.4 Å². The number of hydrogen-bond donors (Lipinski definition) is 3. The van der Waals surface area contributed by atoms with Crippen LogP contribution in [-0.2, 0) is 4.74 Å². The van der Waals surface area contributed by atoms with Gasteiger partial charge >= 0.3 is 6.03 Å². The lowest BCUT2D eigenvalue weighted by atomic mass is 9.96. The molecular weight excluding hydrogens is 318 g/mol. The highest BCUT2D eigenvalue weighted by atomic mass is 16.5. The summed E-state index contributed by atoms with van der Waals surface area (Å²) >= 11 is 0. The number of hydrogen-bond acceptors (Lipinski definition) is 3. The van der Waals surface area contributed by atoms with Crippen LogP contribution in [-0.4, -0.2) is 37.2 Å². The molecule has 6 heteroatoms. The maximum Gasteiger partial charge on any atom is 0.319 e. The lowest BCUT2D eigenvalue weighted by Crippen LogP contribution is -2.39. The third-order valence-corrected chi connectivity index (χ3v) is 4.87. The average Bonchev–Trinajstić information content (AvgIpc) is 3.14. The summed E-state index contributed by atoms with van der Waals surface area (Å²) in [6.07, 6.45) is 7.73. The summed E-state index contributed by atoms with van der Waals surface area (Å²) in [4.78, 5) is 24.7. The van der Waals surface area contributed by atoms with Gasteiger partial charge in [-0.05, 0) is 37.8 Å². The average molecular weight is 345 g/mol. The third-order valence-electron chi connectivity index (χ3n) is 4.87. The normalized spacial score (nSPS) is 20.9. The first-order valence-electron chi connectivity index (χ1n) is 9.29. The van der Waals surface area contributed by atoms with Crippen LogP contribution < -0.4 is 16.0 Å². The highest BCUT2D eigenvalue weighted by Gasteiger charge is 2.19. The first-order valence-corrected chi connectivity index (χ1v) is 9.29. The highest BCUT2D eigenvalue weighted by Crippen LogP contribution is 2.19. The summed E-state index contributed by atoms with van der Waals surface area (Å²) < 4.78 is 5.52. The Morgan fingerprint density at radius 1 is 1.04 bits per heavy atom. The van der Waals surface area contributed by atoms with E-state index in [4.69, 9.17) is 4.74 Å². The number of para-hydroxylation sites is 1. The van der Waals surface area contributed by atoms with Crippen LogP contribution in [0.5, 0.6) is 0 Å². The van der Waals surface area contributed by atoms with Crippen LogP contribution in [0.4, 0.5) is 10.5 Å². The van der Waals surface area contributed by atoms with Crippen molar-refractivity contribution >= 4 is 17.6 Å². The van der Waals surface area contributed by atoms with Crippen LogP contribution in [0.15, 0.2) is 24.3 Å².